The molecule has 0 aliphatic heterocycles. The van der Waals surface area contributed by atoms with E-state index >= 15 is 0 Å². The van der Waals surface area contributed by atoms with E-state index in [0.29, 0.717) is 11.8 Å². The molecule has 2 fully saturated rings. The highest BCUT2D eigenvalue weighted by atomic mass is 16.3. The van der Waals surface area contributed by atoms with Crippen molar-refractivity contribution < 1.29 is 9.90 Å². The van der Waals surface area contributed by atoms with Crippen LogP contribution in [0.4, 0.5) is 0 Å². The Morgan fingerprint density at radius 3 is 2.33 bits per heavy atom. The van der Waals surface area contributed by atoms with Crippen LogP contribution in [0.3, 0.4) is 0 Å². The first-order valence-corrected chi connectivity index (χ1v) is 7.69. The second-order valence-electron chi connectivity index (χ2n) is 6.20. The lowest BCUT2D eigenvalue weighted by molar-refractivity contribution is -0.122. The van der Waals surface area contributed by atoms with Gasteiger partial charge in [-0.1, -0.05) is 25.7 Å². The number of nitrogens with one attached hydrogen (secondary N) is 1. The molecule has 0 bridgehead atoms. The van der Waals surface area contributed by atoms with Crippen molar-refractivity contribution in [2.75, 3.05) is 6.54 Å². The average Bonchev–Trinajstić information content (AvgIpc) is 2.60. The fourth-order valence-corrected chi connectivity index (χ4v) is 3.39. The Hall–Kier alpha value is -0.570. The molecular weight excluding hydrogens is 226 g/mol. The molecule has 0 aromatic heterocycles. The van der Waals surface area contributed by atoms with Crippen LogP contribution in [-0.2, 0) is 4.79 Å². The van der Waals surface area contributed by atoms with E-state index in [1.807, 2.05) is 0 Å². The van der Waals surface area contributed by atoms with E-state index in [-0.39, 0.29) is 12.0 Å². The average molecular weight is 253 g/mol. The molecule has 0 aromatic carbocycles. The number of aliphatic hydroxyl groups excluding tert-OH is 1. The predicted octanol–water partition coefficient (Wildman–Crippen LogP) is 2.62. The first kappa shape index (κ1) is 13.9. The number of carbonyl (C=O) groups is 1. The molecule has 2 unspecified atom stereocenters. The molecule has 2 atom stereocenters. The van der Waals surface area contributed by atoms with E-state index in [4.69, 9.17) is 0 Å². The Morgan fingerprint density at radius 2 is 1.72 bits per heavy atom. The quantitative estimate of drug-likeness (QED) is 0.757. The predicted molar refractivity (Wildman–Crippen MR) is 72.2 cm³/mol. The summed E-state index contributed by atoms with van der Waals surface area (Å²) in [7, 11) is 0. The van der Waals surface area contributed by atoms with E-state index < -0.39 is 0 Å². The molecule has 2 saturated carbocycles. The van der Waals surface area contributed by atoms with Gasteiger partial charge in [-0.2, -0.15) is 0 Å². The number of hydrogen-bond donors (Lipinski definition) is 2. The summed E-state index contributed by atoms with van der Waals surface area (Å²) in [4.78, 5) is 11.9. The minimum Gasteiger partial charge on any atom is -0.393 e. The standard InChI is InChI=1S/C15H27NO2/c17-14-8-7-13(9-14)11-16-15(18)10-12-5-3-1-2-4-6-12/h12-14,17H,1-11H2,(H,16,18). The monoisotopic (exact) mass is 253 g/mol. The lowest BCUT2D eigenvalue weighted by Crippen LogP contribution is -2.30. The van der Waals surface area contributed by atoms with E-state index in [2.05, 4.69) is 5.32 Å². The molecule has 2 N–H and O–H groups in total. The zero-order chi connectivity index (χ0) is 12.8. The molecule has 18 heavy (non-hydrogen) atoms. The number of rotatable bonds is 4. The van der Waals surface area contributed by atoms with Gasteiger partial charge < -0.3 is 10.4 Å². The SMILES string of the molecule is O=C(CC1CCCCCC1)NCC1CCC(O)C1. The second kappa shape index (κ2) is 7.13. The van der Waals surface area contributed by atoms with E-state index in [9.17, 15) is 9.90 Å². The third-order valence-corrected chi connectivity index (χ3v) is 4.55. The van der Waals surface area contributed by atoms with Gasteiger partial charge in [0, 0.05) is 13.0 Å². The van der Waals surface area contributed by atoms with E-state index in [1.165, 1.54) is 38.5 Å². The Kier molecular flexibility index (Phi) is 5.48. The molecule has 0 heterocycles. The van der Waals surface area contributed by atoms with Crippen LogP contribution in [0.25, 0.3) is 0 Å². The maximum absolute atomic E-state index is 11.9. The molecule has 1 amide bonds. The Bertz CT molecular complexity index is 259. The highest BCUT2D eigenvalue weighted by Gasteiger charge is 2.23. The van der Waals surface area contributed by atoms with Crippen LogP contribution in [0.2, 0.25) is 0 Å². The van der Waals surface area contributed by atoms with Crippen molar-refractivity contribution in [3.8, 4) is 0 Å². The normalized spacial score (nSPS) is 30.1. The van der Waals surface area contributed by atoms with Gasteiger partial charge in [0.2, 0.25) is 5.91 Å². The van der Waals surface area contributed by atoms with Gasteiger partial charge in [-0.3, -0.25) is 4.79 Å². The van der Waals surface area contributed by atoms with Crippen molar-refractivity contribution in [3.05, 3.63) is 0 Å². The maximum atomic E-state index is 11.9. The van der Waals surface area contributed by atoms with Gasteiger partial charge in [0.1, 0.15) is 0 Å². The van der Waals surface area contributed by atoms with Crippen LogP contribution in [0.5, 0.6) is 0 Å². The Balaban J connectivity index is 1.62. The maximum Gasteiger partial charge on any atom is 0.220 e. The second-order valence-corrected chi connectivity index (χ2v) is 6.20. The van der Waals surface area contributed by atoms with Gasteiger partial charge in [0.15, 0.2) is 0 Å². The van der Waals surface area contributed by atoms with Crippen LogP contribution in [0, 0.1) is 11.8 Å². The van der Waals surface area contributed by atoms with Crippen molar-refractivity contribution in [3.63, 3.8) is 0 Å². The van der Waals surface area contributed by atoms with Crippen LogP contribution >= 0.6 is 0 Å². The minimum atomic E-state index is -0.131. The summed E-state index contributed by atoms with van der Waals surface area (Å²) in [6.07, 6.45) is 11.2. The highest BCUT2D eigenvalue weighted by Crippen LogP contribution is 2.26. The summed E-state index contributed by atoms with van der Waals surface area (Å²) < 4.78 is 0. The van der Waals surface area contributed by atoms with Crippen LogP contribution in [0.1, 0.15) is 64.2 Å². The summed E-state index contributed by atoms with van der Waals surface area (Å²) in [5, 5.41) is 12.5. The third-order valence-electron chi connectivity index (χ3n) is 4.55. The summed E-state index contributed by atoms with van der Waals surface area (Å²) in [5.41, 5.74) is 0. The Morgan fingerprint density at radius 1 is 1.00 bits per heavy atom. The summed E-state index contributed by atoms with van der Waals surface area (Å²) >= 11 is 0. The zero-order valence-electron chi connectivity index (χ0n) is 11.4. The van der Waals surface area contributed by atoms with Gasteiger partial charge >= 0.3 is 0 Å². The number of hydrogen-bond acceptors (Lipinski definition) is 2. The smallest absolute Gasteiger partial charge is 0.220 e. The van der Waals surface area contributed by atoms with Gasteiger partial charge in [0.25, 0.3) is 0 Å². The number of amides is 1. The highest BCUT2D eigenvalue weighted by molar-refractivity contribution is 5.76. The molecule has 0 aromatic rings. The summed E-state index contributed by atoms with van der Waals surface area (Å²) in [6, 6.07) is 0. The molecule has 2 rings (SSSR count). The van der Waals surface area contributed by atoms with Gasteiger partial charge in [0.05, 0.1) is 6.10 Å². The van der Waals surface area contributed by atoms with E-state index in [1.54, 1.807) is 0 Å². The molecule has 3 nitrogen and oxygen atoms in total. The fourth-order valence-electron chi connectivity index (χ4n) is 3.39. The molecule has 0 radical (unpaired) electrons. The van der Waals surface area contributed by atoms with Gasteiger partial charge in [-0.15, -0.1) is 0 Å². The molecule has 104 valence electrons. The van der Waals surface area contributed by atoms with Crippen molar-refractivity contribution in [1.29, 1.82) is 0 Å². The first-order chi connectivity index (χ1) is 8.74. The lowest BCUT2D eigenvalue weighted by atomic mass is 9.96. The topological polar surface area (TPSA) is 49.3 Å². The molecule has 2 aliphatic carbocycles. The zero-order valence-corrected chi connectivity index (χ0v) is 11.4. The molecular formula is C15H27NO2. The van der Waals surface area contributed by atoms with Crippen molar-refractivity contribution in [1.82, 2.24) is 5.32 Å². The molecule has 0 saturated heterocycles. The van der Waals surface area contributed by atoms with Crippen LogP contribution < -0.4 is 5.32 Å². The number of aliphatic hydroxyl groups is 1. The summed E-state index contributed by atoms with van der Waals surface area (Å²) in [6.45, 7) is 0.766. The van der Waals surface area contributed by atoms with Crippen LogP contribution in [0.15, 0.2) is 0 Å². The largest absolute Gasteiger partial charge is 0.393 e. The Labute approximate surface area is 110 Å². The molecule has 2 aliphatic rings. The minimum absolute atomic E-state index is 0.131. The van der Waals surface area contributed by atoms with Gasteiger partial charge in [-0.25, -0.2) is 0 Å². The first-order valence-electron chi connectivity index (χ1n) is 7.69. The lowest BCUT2D eigenvalue weighted by Gasteiger charge is -2.15. The summed E-state index contributed by atoms with van der Waals surface area (Å²) in [5.74, 6) is 1.34. The molecule has 3 heteroatoms. The van der Waals surface area contributed by atoms with Gasteiger partial charge in [-0.05, 0) is 43.9 Å². The third kappa shape index (κ3) is 4.60. The van der Waals surface area contributed by atoms with Crippen molar-refractivity contribution in [2.45, 2.75) is 70.3 Å². The van der Waals surface area contributed by atoms with E-state index in [0.717, 1.165) is 32.2 Å². The molecule has 0 spiro atoms. The van der Waals surface area contributed by atoms with Crippen LogP contribution in [-0.4, -0.2) is 23.7 Å². The van der Waals surface area contributed by atoms with Crippen molar-refractivity contribution >= 4 is 5.91 Å². The number of carbonyl (C=O) groups excluding carboxylic acids is 1. The van der Waals surface area contributed by atoms with Crippen molar-refractivity contribution in [2.24, 2.45) is 11.8 Å². The fraction of sp³-hybridized carbons (Fsp3) is 0.933.